The maximum absolute atomic E-state index is 13.1. The van der Waals surface area contributed by atoms with Gasteiger partial charge in [0.05, 0.1) is 19.3 Å². The Morgan fingerprint density at radius 1 is 1.23 bits per heavy atom. The number of carbonyl (C=O) groups excluding carboxylic acids is 2. The monoisotopic (exact) mass is 441 g/mol. The van der Waals surface area contributed by atoms with E-state index < -0.39 is 33.3 Å². The fourth-order valence-electron chi connectivity index (χ4n) is 4.40. The number of nitriles is 1. The molecule has 3 N–H and O–H groups in total. The van der Waals surface area contributed by atoms with Crippen LogP contribution >= 0.6 is 0 Å². The summed E-state index contributed by atoms with van der Waals surface area (Å²) >= 11 is 0. The minimum atomic E-state index is -3.64. The van der Waals surface area contributed by atoms with Gasteiger partial charge in [-0.15, -0.1) is 0 Å². The van der Waals surface area contributed by atoms with Gasteiger partial charge in [-0.25, -0.2) is 17.9 Å². The Kier molecular flexibility index (Phi) is 7.55. The first-order chi connectivity index (χ1) is 14.3. The van der Waals surface area contributed by atoms with Gasteiger partial charge in [0.1, 0.15) is 17.3 Å². The third-order valence-electron chi connectivity index (χ3n) is 6.09. The quantitative estimate of drug-likeness (QED) is 0.551. The van der Waals surface area contributed by atoms with E-state index in [1.54, 1.807) is 4.90 Å². The molecule has 10 nitrogen and oxygen atoms in total. The van der Waals surface area contributed by atoms with Crippen LogP contribution in [0.15, 0.2) is 0 Å². The first-order valence-corrected chi connectivity index (χ1v) is 12.3. The molecule has 2 heterocycles. The standard InChI is InChI=1S/C19H31N5O5S/c20-13-19(6-7-21-30(27,28)14-19)23-17(25)16(12-15-4-2-1-3-5-15)22-18(26)24-8-10-29-11-9-24/h15-16,21H,1-12,14H2,(H,22,26)(H,23,25). The molecule has 1 aliphatic carbocycles. The summed E-state index contributed by atoms with van der Waals surface area (Å²) in [4.78, 5) is 27.5. The van der Waals surface area contributed by atoms with Crippen molar-refractivity contribution in [2.45, 2.75) is 56.5 Å². The van der Waals surface area contributed by atoms with Gasteiger partial charge >= 0.3 is 6.03 Å². The van der Waals surface area contributed by atoms with Gasteiger partial charge in [-0.2, -0.15) is 5.26 Å². The minimum absolute atomic E-state index is 0.0869. The van der Waals surface area contributed by atoms with E-state index in [-0.39, 0.29) is 19.0 Å². The first-order valence-electron chi connectivity index (χ1n) is 10.7. The molecule has 2 atom stereocenters. The Hall–Kier alpha value is -1.90. The van der Waals surface area contributed by atoms with Gasteiger partial charge in [0, 0.05) is 19.6 Å². The summed E-state index contributed by atoms with van der Waals surface area (Å²) in [6, 6.07) is 0.840. The van der Waals surface area contributed by atoms with Crippen LogP contribution in [0.3, 0.4) is 0 Å². The van der Waals surface area contributed by atoms with Crippen molar-refractivity contribution < 1.29 is 22.7 Å². The molecule has 3 amide bonds. The highest BCUT2D eigenvalue weighted by atomic mass is 32.2. The number of hydrogen-bond acceptors (Lipinski definition) is 6. The predicted molar refractivity (Wildman–Crippen MR) is 109 cm³/mol. The lowest BCUT2D eigenvalue weighted by Gasteiger charge is -2.35. The topological polar surface area (TPSA) is 141 Å². The molecule has 0 aromatic heterocycles. The second kappa shape index (κ2) is 9.94. The molecule has 0 spiro atoms. The van der Waals surface area contributed by atoms with E-state index in [1.165, 1.54) is 6.42 Å². The van der Waals surface area contributed by atoms with E-state index in [0.717, 1.165) is 25.7 Å². The van der Waals surface area contributed by atoms with Crippen molar-refractivity contribution >= 4 is 22.0 Å². The van der Waals surface area contributed by atoms with Crippen molar-refractivity contribution in [2.75, 3.05) is 38.6 Å². The van der Waals surface area contributed by atoms with Gasteiger partial charge < -0.3 is 20.3 Å². The third-order valence-corrected chi connectivity index (χ3v) is 7.61. The number of carbonyl (C=O) groups is 2. The molecular weight excluding hydrogens is 410 g/mol. The summed E-state index contributed by atoms with van der Waals surface area (Å²) in [5.74, 6) is -0.675. The van der Waals surface area contributed by atoms with Crippen molar-refractivity contribution in [3.63, 3.8) is 0 Å². The van der Waals surface area contributed by atoms with E-state index >= 15 is 0 Å². The number of morpholine rings is 1. The van der Waals surface area contributed by atoms with Gasteiger partial charge in [-0.05, 0) is 18.8 Å². The summed E-state index contributed by atoms with van der Waals surface area (Å²) in [5.41, 5.74) is -1.49. The molecule has 3 aliphatic rings. The molecule has 168 valence electrons. The maximum atomic E-state index is 13.1. The van der Waals surface area contributed by atoms with Gasteiger partial charge in [-0.3, -0.25) is 4.79 Å². The van der Waals surface area contributed by atoms with Crippen molar-refractivity contribution in [3.05, 3.63) is 0 Å². The summed E-state index contributed by atoms with van der Waals surface area (Å²) < 4.78 is 31.6. The summed E-state index contributed by atoms with van der Waals surface area (Å²) in [7, 11) is -3.64. The van der Waals surface area contributed by atoms with E-state index in [0.29, 0.717) is 38.6 Å². The van der Waals surface area contributed by atoms with Gasteiger partial charge in [0.2, 0.25) is 15.9 Å². The summed E-state index contributed by atoms with van der Waals surface area (Å²) in [6.07, 6.45) is 6.04. The van der Waals surface area contributed by atoms with E-state index in [9.17, 15) is 23.3 Å². The minimum Gasteiger partial charge on any atom is -0.378 e. The molecule has 30 heavy (non-hydrogen) atoms. The van der Waals surface area contributed by atoms with E-state index in [1.807, 2.05) is 6.07 Å². The number of hydrogen-bond donors (Lipinski definition) is 3. The third kappa shape index (κ3) is 6.06. The van der Waals surface area contributed by atoms with Gasteiger partial charge in [-0.1, -0.05) is 32.1 Å². The Morgan fingerprint density at radius 3 is 2.57 bits per heavy atom. The second-order valence-corrected chi connectivity index (χ2v) is 10.2. The highest BCUT2D eigenvalue weighted by molar-refractivity contribution is 7.89. The van der Waals surface area contributed by atoms with Crippen molar-refractivity contribution in [1.82, 2.24) is 20.3 Å². The zero-order valence-corrected chi connectivity index (χ0v) is 18.0. The Labute approximate surface area is 177 Å². The zero-order chi connectivity index (χ0) is 21.6. The zero-order valence-electron chi connectivity index (χ0n) is 17.2. The smallest absolute Gasteiger partial charge is 0.318 e. The fourth-order valence-corrected chi connectivity index (χ4v) is 5.84. The first kappa shape index (κ1) is 22.8. The van der Waals surface area contributed by atoms with E-state index in [2.05, 4.69) is 15.4 Å². The average Bonchev–Trinajstić information content (AvgIpc) is 2.74. The highest BCUT2D eigenvalue weighted by Crippen LogP contribution is 2.28. The van der Waals surface area contributed by atoms with Crippen LogP contribution in [-0.4, -0.2) is 75.4 Å². The second-order valence-electron chi connectivity index (χ2n) is 8.43. The predicted octanol–water partition coefficient (Wildman–Crippen LogP) is 0.0689. The van der Waals surface area contributed by atoms with Crippen LogP contribution in [0.25, 0.3) is 0 Å². The van der Waals surface area contributed by atoms with Gasteiger partial charge in [0.15, 0.2) is 0 Å². The number of nitrogens with one attached hydrogen (secondary N) is 3. The van der Waals surface area contributed by atoms with Crippen molar-refractivity contribution in [2.24, 2.45) is 5.92 Å². The van der Waals surface area contributed by atoms with Crippen LogP contribution in [-0.2, 0) is 19.6 Å². The number of ether oxygens (including phenoxy) is 1. The normalized spacial score (nSPS) is 28.2. The largest absolute Gasteiger partial charge is 0.378 e. The molecule has 0 aromatic carbocycles. The molecule has 0 radical (unpaired) electrons. The molecule has 2 unspecified atom stereocenters. The molecule has 11 heteroatoms. The van der Waals surface area contributed by atoms with Crippen LogP contribution in [0.5, 0.6) is 0 Å². The summed E-state index contributed by atoms with van der Waals surface area (Å²) in [6.45, 7) is 1.90. The fraction of sp³-hybridized carbons (Fsp3) is 0.842. The lowest BCUT2D eigenvalue weighted by atomic mass is 9.84. The van der Waals surface area contributed by atoms with Crippen LogP contribution in [0.2, 0.25) is 0 Å². The molecular formula is C19H31N5O5S. The average molecular weight is 442 g/mol. The number of sulfonamides is 1. The van der Waals surface area contributed by atoms with E-state index in [4.69, 9.17) is 4.74 Å². The lowest BCUT2D eigenvalue weighted by Crippen LogP contribution is -2.62. The van der Waals surface area contributed by atoms with Gasteiger partial charge in [0.25, 0.3) is 0 Å². The van der Waals surface area contributed by atoms with Crippen molar-refractivity contribution in [1.29, 1.82) is 5.26 Å². The highest BCUT2D eigenvalue weighted by Gasteiger charge is 2.42. The van der Waals surface area contributed by atoms with Crippen LogP contribution < -0.4 is 15.4 Å². The Balaban J connectivity index is 1.71. The number of nitrogens with zero attached hydrogens (tertiary/aromatic N) is 2. The van der Waals surface area contributed by atoms with Crippen LogP contribution in [0, 0.1) is 17.2 Å². The number of amides is 3. The molecule has 3 fully saturated rings. The molecule has 2 aliphatic heterocycles. The molecule has 0 aromatic rings. The SMILES string of the molecule is N#CC1(NC(=O)C(CC2CCCCC2)NC(=O)N2CCOCC2)CCNS(=O)(=O)C1. The Morgan fingerprint density at radius 2 is 1.93 bits per heavy atom. The molecule has 1 saturated carbocycles. The lowest BCUT2D eigenvalue weighted by molar-refractivity contribution is -0.124. The Bertz CT molecular complexity index is 771. The van der Waals surface area contributed by atoms with Crippen molar-refractivity contribution in [3.8, 4) is 6.07 Å². The molecule has 3 rings (SSSR count). The summed E-state index contributed by atoms with van der Waals surface area (Å²) in [5, 5.41) is 15.1. The maximum Gasteiger partial charge on any atom is 0.318 e. The van der Waals surface area contributed by atoms with Crippen LogP contribution in [0.1, 0.15) is 44.9 Å². The number of urea groups is 1. The van der Waals surface area contributed by atoms with Crippen LogP contribution in [0.4, 0.5) is 4.79 Å². The molecule has 0 bridgehead atoms. The molecule has 2 saturated heterocycles. The number of rotatable bonds is 5.